The van der Waals surface area contributed by atoms with Gasteiger partial charge in [-0.25, -0.2) is 4.79 Å². The van der Waals surface area contributed by atoms with Crippen molar-refractivity contribution in [1.29, 1.82) is 0 Å². The lowest BCUT2D eigenvalue weighted by Crippen LogP contribution is -2.61. The Balaban J connectivity index is 2.61. The average Bonchev–Trinajstić information content (AvgIpc) is 3.51. The Labute approximate surface area is 521 Å². The second-order valence-electron chi connectivity index (χ2n) is 24.9. The Morgan fingerprint density at radius 1 is 0.376 bits per heavy atom. The van der Waals surface area contributed by atoms with E-state index in [1.54, 1.807) is 0 Å². The molecule has 0 radical (unpaired) electrons. The topological polar surface area (TPSA) is 175 Å². The third-order valence-corrected chi connectivity index (χ3v) is 16.7. The van der Waals surface area contributed by atoms with E-state index in [9.17, 15) is 34.5 Å². The third kappa shape index (κ3) is 50.5. The Bertz CT molecular complexity index is 1610. The van der Waals surface area contributed by atoms with Gasteiger partial charge >= 0.3 is 23.9 Å². The highest BCUT2D eigenvalue weighted by Gasteiger charge is 2.50. The Hall–Kier alpha value is -3.06. The van der Waals surface area contributed by atoms with Crippen molar-refractivity contribution in [3.63, 3.8) is 0 Å². The van der Waals surface area contributed by atoms with Crippen LogP contribution < -0.4 is 0 Å². The van der Waals surface area contributed by atoms with Crippen molar-refractivity contribution < 1.29 is 58.2 Å². The van der Waals surface area contributed by atoms with Crippen molar-refractivity contribution in [3.8, 4) is 0 Å². The van der Waals surface area contributed by atoms with Crippen LogP contribution in [0.3, 0.4) is 0 Å². The first-order valence-electron chi connectivity index (χ1n) is 36.0. The summed E-state index contributed by atoms with van der Waals surface area (Å²) in [6.45, 7) is 6.05. The number of rotatable bonds is 63. The maximum Gasteiger partial charge on any atom is 0.335 e. The number of carboxylic acid groups (broad SMARTS) is 1. The normalized spacial score (nSPS) is 17.6. The number of allylic oxidation sites excluding steroid dienone is 6. The minimum Gasteiger partial charge on any atom is -0.479 e. The molecule has 1 fully saturated rings. The summed E-state index contributed by atoms with van der Waals surface area (Å²) >= 11 is 0. The highest BCUT2D eigenvalue weighted by molar-refractivity contribution is 5.74. The predicted molar refractivity (Wildman–Crippen MR) is 350 cm³/mol. The summed E-state index contributed by atoms with van der Waals surface area (Å²) in [6.07, 6.45) is 62.4. The second-order valence-corrected chi connectivity index (χ2v) is 24.9. The number of carbonyl (C=O) groups is 4. The molecule has 0 amide bonds. The zero-order valence-corrected chi connectivity index (χ0v) is 55.1. The average molecular weight is 1200 g/mol. The number of carbonyl (C=O) groups excluding carboxylic acids is 3. The number of carboxylic acids is 1. The minimum atomic E-state index is -1.90. The van der Waals surface area contributed by atoms with E-state index in [1.165, 1.54) is 212 Å². The van der Waals surface area contributed by atoms with Crippen LogP contribution in [0.2, 0.25) is 0 Å². The fourth-order valence-electron chi connectivity index (χ4n) is 11.1. The Kier molecular flexibility index (Phi) is 57.6. The van der Waals surface area contributed by atoms with Crippen LogP contribution in [0.25, 0.3) is 0 Å². The fourth-order valence-corrected chi connectivity index (χ4v) is 11.1. The van der Waals surface area contributed by atoms with Gasteiger partial charge in [-0.1, -0.05) is 276 Å². The monoisotopic (exact) mass is 1200 g/mol. The molecular weight excluding hydrogens is 1070 g/mol. The van der Waals surface area contributed by atoms with E-state index in [4.69, 9.17) is 23.7 Å². The lowest BCUT2D eigenvalue weighted by Gasteiger charge is -2.40. The molecule has 0 saturated carbocycles. The first-order chi connectivity index (χ1) is 41.6. The number of aliphatic hydroxyl groups is 2. The molecule has 0 aromatic heterocycles. The molecule has 0 aliphatic carbocycles. The smallest absolute Gasteiger partial charge is 0.335 e. The molecule has 0 aromatic rings. The molecule has 1 saturated heterocycles. The maximum absolute atomic E-state index is 13.2. The van der Waals surface area contributed by atoms with Crippen molar-refractivity contribution in [2.75, 3.05) is 13.2 Å². The Morgan fingerprint density at radius 2 is 0.671 bits per heavy atom. The van der Waals surface area contributed by atoms with Gasteiger partial charge < -0.3 is 39.0 Å². The number of hydrogen-bond donors (Lipinski definition) is 3. The van der Waals surface area contributed by atoms with Gasteiger partial charge in [0.25, 0.3) is 0 Å². The number of hydrogen-bond acceptors (Lipinski definition) is 11. The summed E-state index contributed by atoms with van der Waals surface area (Å²) in [5, 5.41) is 31.7. The molecule has 1 aliphatic rings. The van der Waals surface area contributed by atoms with E-state index in [0.29, 0.717) is 19.3 Å². The van der Waals surface area contributed by atoms with Crippen LogP contribution in [0.15, 0.2) is 36.5 Å². The van der Waals surface area contributed by atoms with E-state index in [1.807, 2.05) is 0 Å². The molecule has 1 rings (SSSR count). The number of unbranched alkanes of at least 4 members (excludes halogenated alkanes) is 43. The lowest BCUT2D eigenvalue weighted by molar-refractivity contribution is -0.301. The van der Waals surface area contributed by atoms with Crippen molar-refractivity contribution in [1.82, 2.24) is 0 Å². The molecule has 85 heavy (non-hydrogen) atoms. The highest BCUT2D eigenvalue weighted by atomic mass is 16.7. The van der Waals surface area contributed by atoms with Crippen LogP contribution in [-0.4, -0.2) is 89.2 Å². The van der Waals surface area contributed by atoms with Gasteiger partial charge in [0.15, 0.2) is 24.6 Å². The van der Waals surface area contributed by atoms with Crippen LogP contribution in [-0.2, 0) is 42.9 Å². The summed E-state index contributed by atoms with van der Waals surface area (Å²) < 4.78 is 28.7. The molecule has 12 nitrogen and oxygen atoms in total. The van der Waals surface area contributed by atoms with Gasteiger partial charge in [0, 0.05) is 19.3 Å². The standard InChI is InChI=1S/C73H132O12/c1-4-7-10-13-16-19-22-25-28-31-33-36-38-41-44-47-50-53-56-59-65(74)81-62-64(83-66(75)60-57-54-51-48-45-42-39-35-30-27-24-21-18-15-12-9-6-3)63-82-73-71(69(78)68(77)70(85-73)72(79)80)84-67(76)61-58-55-52-49-46-43-40-37-34-32-29-26-23-20-17-14-11-8-5-2/h25-30,64,68-71,73,77-78H,4-24,31-63H2,1-3H3,(H,79,80)/b28-25-,29-26-,30-27-. The molecule has 0 bridgehead atoms. The molecule has 12 heteroatoms. The maximum atomic E-state index is 13.2. The largest absolute Gasteiger partial charge is 0.479 e. The van der Waals surface area contributed by atoms with Crippen LogP contribution in [0, 0.1) is 0 Å². The minimum absolute atomic E-state index is 0.0611. The summed E-state index contributed by atoms with van der Waals surface area (Å²) in [5.41, 5.74) is 0. The van der Waals surface area contributed by atoms with Gasteiger partial charge in [-0.2, -0.15) is 0 Å². The van der Waals surface area contributed by atoms with Crippen LogP contribution in [0.5, 0.6) is 0 Å². The first kappa shape index (κ1) is 80.0. The number of esters is 3. The van der Waals surface area contributed by atoms with Crippen molar-refractivity contribution in [2.24, 2.45) is 0 Å². The molecule has 0 spiro atoms. The summed E-state index contributed by atoms with van der Waals surface area (Å²) in [6, 6.07) is 0. The fraction of sp³-hybridized carbons (Fsp3) is 0.863. The van der Waals surface area contributed by atoms with Gasteiger partial charge in [-0.3, -0.25) is 14.4 Å². The highest BCUT2D eigenvalue weighted by Crippen LogP contribution is 2.27. The van der Waals surface area contributed by atoms with Gasteiger partial charge in [-0.15, -0.1) is 0 Å². The molecule has 6 unspecified atom stereocenters. The third-order valence-electron chi connectivity index (χ3n) is 16.7. The van der Waals surface area contributed by atoms with Gasteiger partial charge in [0.05, 0.1) is 6.61 Å². The molecule has 0 aromatic carbocycles. The van der Waals surface area contributed by atoms with Gasteiger partial charge in [0.2, 0.25) is 0 Å². The van der Waals surface area contributed by atoms with E-state index >= 15 is 0 Å². The van der Waals surface area contributed by atoms with Gasteiger partial charge in [0.1, 0.15) is 18.8 Å². The number of ether oxygens (including phenoxy) is 5. The summed E-state index contributed by atoms with van der Waals surface area (Å²) in [4.78, 5) is 51.5. The van der Waals surface area contributed by atoms with Crippen molar-refractivity contribution >= 4 is 23.9 Å². The molecule has 496 valence electrons. The molecule has 1 heterocycles. The van der Waals surface area contributed by atoms with Crippen LogP contribution >= 0.6 is 0 Å². The summed E-state index contributed by atoms with van der Waals surface area (Å²) in [7, 11) is 0. The van der Waals surface area contributed by atoms with E-state index < -0.39 is 67.3 Å². The second kappa shape index (κ2) is 61.2. The quantitative estimate of drug-likeness (QED) is 0.0228. The lowest BCUT2D eigenvalue weighted by atomic mass is 9.98. The Morgan fingerprint density at radius 3 is 1.00 bits per heavy atom. The van der Waals surface area contributed by atoms with Crippen molar-refractivity contribution in [2.45, 2.75) is 391 Å². The zero-order valence-electron chi connectivity index (χ0n) is 55.1. The molecule has 6 atom stereocenters. The predicted octanol–water partition coefficient (Wildman–Crippen LogP) is 19.9. The molecular formula is C73H132O12. The van der Waals surface area contributed by atoms with E-state index in [-0.39, 0.29) is 25.9 Å². The van der Waals surface area contributed by atoms with Crippen LogP contribution in [0.1, 0.15) is 355 Å². The van der Waals surface area contributed by atoms with Crippen LogP contribution in [0.4, 0.5) is 0 Å². The van der Waals surface area contributed by atoms with E-state index in [2.05, 4.69) is 57.2 Å². The molecule has 1 aliphatic heterocycles. The molecule has 3 N–H and O–H groups in total. The number of aliphatic carboxylic acids is 1. The van der Waals surface area contributed by atoms with Gasteiger partial charge in [-0.05, 0) is 96.3 Å². The SMILES string of the molecule is CCCCCCCC/C=C\CCCCCCCCCCCC(=O)OCC(COC1OC(C(=O)O)C(O)C(O)C1OC(=O)CCCCCCCCCCC/C=C\CCCCCCCC)OC(=O)CCCCCCCCC/C=C\CCCCCCCC. The van der Waals surface area contributed by atoms with E-state index in [0.717, 1.165) is 83.5 Å². The zero-order chi connectivity index (χ0) is 61.7. The first-order valence-corrected chi connectivity index (χ1v) is 36.0. The van der Waals surface area contributed by atoms with Crippen molar-refractivity contribution in [3.05, 3.63) is 36.5 Å². The number of aliphatic hydroxyl groups excluding tert-OH is 2. The summed E-state index contributed by atoms with van der Waals surface area (Å²) in [5.74, 6) is -3.09.